The quantitative estimate of drug-likeness (QED) is 0.720. The van der Waals surface area contributed by atoms with Crippen molar-refractivity contribution in [1.82, 2.24) is 9.78 Å². The van der Waals surface area contributed by atoms with E-state index in [1.807, 2.05) is 6.92 Å². The minimum Gasteiger partial charge on any atom is -0.396 e. The fourth-order valence-electron chi connectivity index (χ4n) is 1.63. The van der Waals surface area contributed by atoms with Crippen molar-refractivity contribution in [3.05, 3.63) is 21.0 Å². The molecule has 0 radical (unpaired) electrons. The number of aromatic nitrogens is 2. The van der Waals surface area contributed by atoms with Gasteiger partial charge in [0, 0.05) is 19.7 Å². The predicted octanol–water partition coefficient (Wildman–Crippen LogP) is 1.99. The third kappa shape index (κ3) is 4.42. The van der Waals surface area contributed by atoms with E-state index < -0.39 is 0 Å². The molecule has 5 nitrogen and oxygen atoms in total. The number of anilines is 1. The van der Waals surface area contributed by atoms with Gasteiger partial charge in [0.15, 0.2) is 0 Å². The van der Waals surface area contributed by atoms with Crippen LogP contribution in [0.5, 0.6) is 0 Å². The van der Waals surface area contributed by atoms with Crippen molar-refractivity contribution in [2.45, 2.75) is 39.2 Å². The second kappa shape index (κ2) is 8.26. The van der Waals surface area contributed by atoms with Gasteiger partial charge >= 0.3 is 0 Å². The summed E-state index contributed by atoms with van der Waals surface area (Å²) in [6, 6.07) is 0. The Bertz CT molecular complexity index is 420. The van der Waals surface area contributed by atoms with Crippen LogP contribution in [0.1, 0.15) is 32.6 Å². The minimum atomic E-state index is -0.109. The van der Waals surface area contributed by atoms with E-state index in [2.05, 4.69) is 26.3 Å². The van der Waals surface area contributed by atoms with Crippen LogP contribution in [0.25, 0.3) is 0 Å². The average Bonchev–Trinajstić information content (AvgIpc) is 2.38. The van der Waals surface area contributed by atoms with E-state index >= 15 is 0 Å². The number of rotatable bonds is 8. The smallest absolute Gasteiger partial charge is 0.283 e. The second-order valence-corrected chi connectivity index (χ2v) is 4.85. The summed E-state index contributed by atoms with van der Waals surface area (Å²) in [5.74, 6) is 0. The standard InChI is InChI=1S/C12H20BrN3O2/c1-2-16-12(18)11(13)10(9-15-16)14-7-5-3-4-6-8-17/h9,14,17H,2-8H2,1H3. The highest BCUT2D eigenvalue weighted by molar-refractivity contribution is 9.10. The Kier molecular flexibility index (Phi) is 6.97. The summed E-state index contributed by atoms with van der Waals surface area (Å²) in [6.45, 7) is 3.52. The first kappa shape index (κ1) is 15.2. The van der Waals surface area contributed by atoms with Gasteiger partial charge in [0.25, 0.3) is 5.56 Å². The lowest BCUT2D eigenvalue weighted by Crippen LogP contribution is -2.23. The van der Waals surface area contributed by atoms with E-state index in [9.17, 15) is 4.79 Å². The molecular formula is C12H20BrN3O2. The van der Waals surface area contributed by atoms with Crippen LogP contribution in [0.3, 0.4) is 0 Å². The Morgan fingerprint density at radius 3 is 2.78 bits per heavy atom. The first-order valence-corrected chi connectivity index (χ1v) is 7.10. The van der Waals surface area contributed by atoms with E-state index in [-0.39, 0.29) is 12.2 Å². The number of nitrogens with one attached hydrogen (secondary N) is 1. The number of aliphatic hydroxyl groups excluding tert-OH is 1. The van der Waals surface area contributed by atoms with Gasteiger partial charge in [-0.2, -0.15) is 5.10 Å². The number of nitrogens with zero attached hydrogens (tertiary/aromatic N) is 2. The van der Waals surface area contributed by atoms with E-state index in [0.29, 0.717) is 11.0 Å². The molecule has 1 aromatic rings. The number of aliphatic hydroxyl groups is 1. The maximum Gasteiger partial charge on any atom is 0.283 e. The molecule has 0 aromatic carbocycles. The van der Waals surface area contributed by atoms with E-state index in [1.165, 1.54) is 4.68 Å². The van der Waals surface area contributed by atoms with Gasteiger partial charge in [-0.15, -0.1) is 0 Å². The zero-order valence-corrected chi connectivity index (χ0v) is 12.2. The molecule has 0 spiro atoms. The zero-order valence-electron chi connectivity index (χ0n) is 10.7. The van der Waals surface area contributed by atoms with Crippen LogP contribution in [0.4, 0.5) is 5.69 Å². The van der Waals surface area contributed by atoms with Crippen LogP contribution in [0.2, 0.25) is 0 Å². The summed E-state index contributed by atoms with van der Waals surface area (Å²) in [6.07, 6.45) is 5.66. The second-order valence-electron chi connectivity index (χ2n) is 4.06. The third-order valence-electron chi connectivity index (χ3n) is 2.68. The molecule has 0 fully saturated rings. The van der Waals surface area contributed by atoms with Crippen molar-refractivity contribution < 1.29 is 5.11 Å². The largest absolute Gasteiger partial charge is 0.396 e. The molecule has 0 aliphatic heterocycles. The monoisotopic (exact) mass is 317 g/mol. The molecule has 0 unspecified atom stereocenters. The summed E-state index contributed by atoms with van der Waals surface area (Å²) >= 11 is 3.30. The highest BCUT2D eigenvalue weighted by Gasteiger charge is 2.06. The van der Waals surface area contributed by atoms with Gasteiger partial charge in [-0.05, 0) is 35.7 Å². The molecule has 1 rings (SSSR count). The molecule has 6 heteroatoms. The normalized spacial score (nSPS) is 10.6. The molecule has 0 atom stereocenters. The molecule has 102 valence electrons. The van der Waals surface area contributed by atoms with Crippen LogP contribution in [-0.4, -0.2) is 28.0 Å². The summed E-state index contributed by atoms with van der Waals surface area (Å²) in [7, 11) is 0. The van der Waals surface area contributed by atoms with Gasteiger partial charge in [0.05, 0.1) is 11.9 Å². The predicted molar refractivity (Wildman–Crippen MR) is 75.9 cm³/mol. The average molecular weight is 318 g/mol. The lowest BCUT2D eigenvalue weighted by molar-refractivity contribution is 0.283. The van der Waals surface area contributed by atoms with Gasteiger partial charge in [0.2, 0.25) is 0 Å². The Balaban J connectivity index is 2.43. The fourth-order valence-corrected chi connectivity index (χ4v) is 2.07. The maximum atomic E-state index is 11.8. The number of aryl methyl sites for hydroxylation is 1. The molecule has 1 heterocycles. The van der Waals surface area contributed by atoms with Gasteiger partial charge in [-0.1, -0.05) is 12.8 Å². The summed E-state index contributed by atoms with van der Waals surface area (Å²) < 4.78 is 1.95. The molecule has 1 aromatic heterocycles. The molecule has 2 N–H and O–H groups in total. The van der Waals surface area contributed by atoms with Gasteiger partial charge in [-0.3, -0.25) is 4.79 Å². The summed E-state index contributed by atoms with van der Waals surface area (Å²) in [5, 5.41) is 15.9. The highest BCUT2D eigenvalue weighted by atomic mass is 79.9. The Hall–Kier alpha value is -0.880. The van der Waals surface area contributed by atoms with Crippen molar-refractivity contribution in [3.63, 3.8) is 0 Å². The lowest BCUT2D eigenvalue weighted by Gasteiger charge is -2.09. The fraction of sp³-hybridized carbons (Fsp3) is 0.667. The topological polar surface area (TPSA) is 67.2 Å². The van der Waals surface area contributed by atoms with Crippen molar-refractivity contribution >= 4 is 21.6 Å². The lowest BCUT2D eigenvalue weighted by atomic mass is 10.2. The Morgan fingerprint density at radius 1 is 1.39 bits per heavy atom. The van der Waals surface area contributed by atoms with E-state index in [4.69, 9.17) is 5.11 Å². The minimum absolute atomic E-state index is 0.109. The van der Waals surface area contributed by atoms with E-state index in [1.54, 1.807) is 6.20 Å². The van der Waals surface area contributed by atoms with Crippen molar-refractivity contribution in [1.29, 1.82) is 0 Å². The summed E-state index contributed by atoms with van der Waals surface area (Å²) in [5.41, 5.74) is 0.634. The summed E-state index contributed by atoms with van der Waals surface area (Å²) in [4.78, 5) is 11.8. The van der Waals surface area contributed by atoms with Gasteiger partial charge in [-0.25, -0.2) is 4.68 Å². The molecule has 0 aliphatic rings. The Morgan fingerprint density at radius 2 is 2.11 bits per heavy atom. The Labute approximate surface area is 115 Å². The number of unbranched alkanes of at least 4 members (excludes halogenated alkanes) is 3. The molecule has 0 saturated heterocycles. The van der Waals surface area contributed by atoms with Crippen LogP contribution in [0, 0.1) is 0 Å². The van der Waals surface area contributed by atoms with Gasteiger partial charge < -0.3 is 10.4 Å². The molecular weight excluding hydrogens is 298 g/mol. The number of hydrogen-bond acceptors (Lipinski definition) is 4. The number of halogens is 1. The van der Waals surface area contributed by atoms with Gasteiger partial charge in [0.1, 0.15) is 4.47 Å². The van der Waals surface area contributed by atoms with Crippen LogP contribution in [0.15, 0.2) is 15.5 Å². The molecule has 0 saturated carbocycles. The first-order valence-electron chi connectivity index (χ1n) is 6.31. The number of hydrogen-bond donors (Lipinski definition) is 2. The van der Waals surface area contributed by atoms with E-state index in [0.717, 1.165) is 37.9 Å². The highest BCUT2D eigenvalue weighted by Crippen LogP contribution is 2.16. The zero-order chi connectivity index (χ0) is 13.4. The third-order valence-corrected chi connectivity index (χ3v) is 3.45. The molecule has 0 aliphatic carbocycles. The maximum absolute atomic E-state index is 11.8. The van der Waals surface area contributed by atoms with Crippen LogP contribution < -0.4 is 10.9 Å². The van der Waals surface area contributed by atoms with Crippen molar-refractivity contribution in [3.8, 4) is 0 Å². The SMILES string of the molecule is CCn1ncc(NCCCCCCO)c(Br)c1=O. The van der Waals surface area contributed by atoms with Crippen molar-refractivity contribution in [2.75, 3.05) is 18.5 Å². The van der Waals surface area contributed by atoms with Crippen molar-refractivity contribution in [2.24, 2.45) is 0 Å². The van der Waals surface area contributed by atoms with Crippen LogP contribution in [-0.2, 0) is 6.54 Å². The van der Waals surface area contributed by atoms with Crippen LogP contribution >= 0.6 is 15.9 Å². The molecule has 0 bridgehead atoms. The molecule has 0 amide bonds. The molecule has 18 heavy (non-hydrogen) atoms. The first-order chi connectivity index (χ1) is 8.70.